The molecule has 2 N–H and O–H groups in total. The molecule has 1 aromatic heterocycles. The van der Waals surface area contributed by atoms with Crippen LogP contribution in [0.1, 0.15) is 15.9 Å². The molecule has 0 fully saturated rings. The predicted octanol–water partition coefficient (Wildman–Crippen LogP) is 2.84. The molecule has 2 rings (SSSR count). The van der Waals surface area contributed by atoms with Gasteiger partial charge in [-0.05, 0) is 18.6 Å². The zero-order valence-corrected chi connectivity index (χ0v) is 10.2. The van der Waals surface area contributed by atoms with Gasteiger partial charge in [0, 0.05) is 11.6 Å². The number of benzene rings is 1. The maximum atomic E-state index is 11.9. The van der Waals surface area contributed by atoms with Crippen molar-refractivity contribution in [3.05, 3.63) is 43.7 Å². The van der Waals surface area contributed by atoms with E-state index in [1.54, 1.807) is 6.92 Å². The third kappa shape index (κ3) is 1.79. The number of aromatic amines is 1. The minimum absolute atomic E-state index is 0.219. The Bertz CT molecular complexity index is 691. The standard InChI is InChI=1S/C11H7Cl2NO3/c1-4-8(13)7(12)2-5-9(4)14-3-6(10(5)15)11(16)17/h2-3H,1H3,(H,14,15)(H,16,17). The molecule has 0 saturated carbocycles. The lowest BCUT2D eigenvalue weighted by molar-refractivity contribution is 0.0695. The van der Waals surface area contributed by atoms with Crippen molar-refractivity contribution in [2.45, 2.75) is 6.92 Å². The highest BCUT2D eigenvalue weighted by Crippen LogP contribution is 2.30. The number of aryl methyl sites for hydroxylation is 1. The molecule has 0 aliphatic heterocycles. The van der Waals surface area contributed by atoms with E-state index in [4.69, 9.17) is 28.3 Å². The minimum atomic E-state index is -1.28. The Morgan fingerprint density at radius 1 is 1.41 bits per heavy atom. The Labute approximate surface area is 106 Å². The first-order valence-corrected chi connectivity index (χ1v) is 5.42. The molecule has 0 radical (unpaired) electrons. The lowest BCUT2D eigenvalue weighted by Gasteiger charge is -2.06. The maximum Gasteiger partial charge on any atom is 0.341 e. The number of carboxylic acids is 1. The molecule has 0 bridgehead atoms. The number of carbonyl (C=O) groups is 1. The van der Waals surface area contributed by atoms with E-state index >= 15 is 0 Å². The molecule has 17 heavy (non-hydrogen) atoms. The van der Waals surface area contributed by atoms with E-state index in [2.05, 4.69) is 4.98 Å². The molecule has 6 heteroatoms. The van der Waals surface area contributed by atoms with Crippen molar-refractivity contribution in [3.63, 3.8) is 0 Å². The zero-order valence-electron chi connectivity index (χ0n) is 8.67. The van der Waals surface area contributed by atoms with Crippen LogP contribution in [-0.2, 0) is 0 Å². The van der Waals surface area contributed by atoms with Crippen LogP contribution in [-0.4, -0.2) is 16.1 Å². The number of hydrogen-bond donors (Lipinski definition) is 2. The molecule has 0 amide bonds. The van der Waals surface area contributed by atoms with E-state index in [-0.39, 0.29) is 16.0 Å². The molecule has 2 aromatic rings. The Balaban J connectivity index is 2.98. The highest BCUT2D eigenvalue weighted by Gasteiger charge is 2.15. The second-order valence-electron chi connectivity index (χ2n) is 3.56. The molecular formula is C11H7Cl2NO3. The molecule has 0 aliphatic rings. The number of aromatic carboxylic acids is 1. The average molecular weight is 272 g/mol. The van der Waals surface area contributed by atoms with Gasteiger partial charge in [0.1, 0.15) is 5.56 Å². The molecular weight excluding hydrogens is 265 g/mol. The lowest BCUT2D eigenvalue weighted by Crippen LogP contribution is -2.15. The van der Waals surface area contributed by atoms with Crippen LogP contribution in [0.5, 0.6) is 0 Å². The summed E-state index contributed by atoms with van der Waals surface area (Å²) in [7, 11) is 0. The largest absolute Gasteiger partial charge is 0.477 e. The fourth-order valence-corrected chi connectivity index (χ4v) is 2.03. The SMILES string of the molecule is Cc1c(Cl)c(Cl)cc2c(=O)c(C(=O)O)c[nH]c12. The average Bonchev–Trinajstić information content (AvgIpc) is 2.27. The second kappa shape index (κ2) is 4.05. The van der Waals surface area contributed by atoms with Gasteiger partial charge < -0.3 is 10.1 Å². The highest BCUT2D eigenvalue weighted by molar-refractivity contribution is 6.43. The van der Waals surface area contributed by atoms with Gasteiger partial charge in [0.25, 0.3) is 0 Å². The third-order valence-electron chi connectivity index (χ3n) is 2.53. The van der Waals surface area contributed by atoms with E-state index in [1.807, 2.05) is 0 Å². The third-order valence-corrected chi connectivity index (χ3v) is 3.42. The van der Waals surface area contributed by atoms with Gasteiger partial charge in [-0.25, -0.2) is 4.79 Å². The Kier molecular flexibility index (Phi) is 2.85. The van der Waals surface area contributed by atoms with Crippen molar-refractivity contribution < 1.29 is 9.90 Å². The van der Waals surface area contributed by atoms with Crippen molar-refractivity contribution in [2.75, 3.05) is 0 Å². The topological polar surface area (TPSA) is 70.2 Å². The van der Waals surface area contributed by atoms with Gasteiger partial charge in [0.05, 0.1) is 15.6 Å². The number of aromatic nitrogens is 1. The first-order valence-electron chi connectivity index (χ1n) is 4.66. The lowest BCUT2D eigenvalue weighted by atomic mass is 10.1. The van der Waals surface area contributed by atoms with Crippen molar-refractivity contribution in [2.24, 2.45) is 0 Å². The maximum absolute atomic E-state index is 11.9. The second-order valence-corrected chi connectivity index (χ2v) is 4.34. The normalized spacial score (nSPS) is 10.8. The van der Waals surface area contributed by atoms with E-state index in [0.717, 1.165) is 6.20 Å². The number of rotatable bonds is 1. The van der Waals surface area contributed by atoms with Crippen molar-refractivity contribution in [1.29, 1.82) is 0 Å². The monoisotopic (exact) mass is 271 g/mol. The summed E-state index contributed by atoms with van der Waals surface area (Å²) in [6, 6.07) is 1.37. The van der Waals surface area contributed by atoms with Gasteiger partial charge in [-0.1, -0.05) is 23.2 Å². The summed E-state index contributed by atoms with van der Waals surface area (Å²) in [6.45, 7) is 1.70. The smallest absolute Gasteiger partial charge is 0.341 e. The minimum Gasteiger partial charge on any atom is -0.477 e. The first-order chi connectivity index (χ1) is 7.93. The Morgan fingerprint density at radius 3 is 2.65 bits per heavy atom. The van der Waals surface area contributed by atoms with Crippen LogP contribution in [0.3, 0.4) is 0 Å². The van der Waals surface area contributed by atoms with Gasteiger partial charge in [-0.15, -0.1) is 0 Å². The molecule has 4 nitrogen and oxygen atoms in total. The first kappa shape index (κ1) is 12.0. The molecule has 0 saturated heterocycles. The highest BCUT2D eigenvalue weighted by atomic mass is 35.5. The van der Waals surface area contributed by atoms with Gasteiger partial charge in [-0.2, -0.15) is 0 Å². The number of hydrogen-bond acceptors (Lipinski definition) is 2. The van der Waals surface area contributed by atoms with E-state index < -0.39 is 11.4 Å². The molecule has 0 unspecified atom stereocenters. The molecule has 0 spiro atoms. The van der Waals surface area contributed by atoms with Crippen LogP contribution in [0, 0.1) is 6.92 Å². The zero-order chi connectivity index (χ0) is 12.7. The molecule has 1 aromatic carbocycles. The summed E-state index contributed by atoms with van der Waals surface area (Å²) in [4.78, 5) is 25.5. The molecule has 0 aliphatic carbocycles. The van der Waals surface area contributed by atoms with Crippen molar-refractivity contribution in [1.82, 2.24) is 4.98 Å². The number of H-pyrrole nitrogens is 1. The van der Waals surface area contributed by atoms with Crippen LogP contribution in [0.25, 0.3) is 10.9 Å². The van der Waals surface area contributed by atoms with Crippen LogP contribution in [0.2, 0.25) is 10.0 Å². The van der Waals surface area contributed by atoms with Crippen molar-refractivity contribution in [3.8, 4) is 0 Å². The number of carboxylic acid groups (broad SMARTS) is 1. The Hall–Kier alpha value is -1.52. The summed E-state index contributed by atoms with van der Waals surface area (Å²) in [6.07, 6.45) is 1.16. The predicted molar refractivity (Wildman–Crippen MR) is 66.3 cm³/mol. The van der Waals surface area contributed by atoms with Crippen LogP contribution < -0.4 is 5.43 Å². The van der Waals surface area contributed by atoms with Crippen LogP contribution >= 0.6 is 23.2 Å². The number of nitrogens with one attached hydrogen (secondary N) is 1. The van der Waals surface area contributed by atoms with E-state index in [9.17, 15) is 9.59 Å². The summed E-state index contributed by atoms with van der Waals surface area (Å²) < 4.78 is 0. The summed E-state index contributed by atoms with van der Waals surface area (Å²) in [5.41, 5.74) is 0.209. The van der Waals surface area contributed by atoms with Crippen LogP contribution in [0.4, 0.5) is 0 Å². The quantitative estimate of drug-likeness (QED) is 0.838. The van der Waals surface area contributed by atoms with Gasteiger partial charge in [0.2, 0.25) is 5.43 Å². The van der Waals surface area contributed by atoms with E-state index in [0.29, 0.717) is 16.1 Å². The number of fused-ring (bicyclic) bond motifs is 1. The van der Waals surface area contributed by atoms with Gasteiger partial charge in [-0.3, -0.25) is 4.79 Å². The molecule has 88 valence electrons. The fraction of sp³-hybridized carbons (Fsp3) is 0.0909. The van der Waals surface area contributed by atoms with Gasteiger partial charge in [0.15, 0.2) is 0 Å². The molecule has 0 atom stereocenters. The summed E-state index contributed by atoms with van der Waals surface area (Å²) in [5, 5.41) is 9.63. The van der Waals surface area contributed by atoms with Gasteiger partial charge >= 0.3 is 5.97 Å². The summed E-state index contributed by atoms with van der Waals surface area (Å²) in [5.74, 6) is -1.28. The van der Waals surface area contributed by atoms with E-state index in [1.165, 1.54) is 6.07 Å². The number of pyridine rings is 1. The van der Waals surface area contributed by atoms with Crippen LogP contribution in [0.15, 0.2) is 17.1 Å². The Morgan fingerprint density at radius 2 is 2.06 bits per heavy atom. The molecule has 1 heterocycles. The number of halogens is 2. The fourth-order valence-electron chi connectivity index (χ4n) is 1.63. The summed E-state index contributed by atoms with van der Waals surface area (Å²) >= 11 is 11.8. The van der Waals surface area contributed by atoms with Crippen molar-refractivity contribution >= 4 is 40.1 Å².